The van der Waals surface area contributed by atoms with E-state index in [2.05, 4.69) is 15.3 Å². The molecule has 19 heavy (non-hydrogen) atoms. The summed E-state index contributed by atoms with van der Waals surface area (Å²) in [5, 5.41) is 14.3. The zero-order valence-electron chi connectivity index (χ0n) is 10.2. The van der Waals surface area contributed by atoms with Crippen LogP contribution in [0.2, 0.25) is 5.02 Å². The van der Waals surface area contributed by atoms with Crippen molar-refractivity contribution in [2.45, 2.75) is 13.0 Å². The van der Waals surface area contributed by atoms with Gasteiger partial charge in [0.1, 0.15) is 11.6 Å². The molecule has 3 rings (SSSR count). The number of halogens is 1. The fourth-order valence-corrected chi connectivity index (χ4v) is 2.78. The van der Waals surface area contributed by atoms with Crippen LogP contribution in [0.5, 0.6) is 0 Å². The first-order valence-electron chi connectivity index (χ1n) is 5.69. The van der Waals surface area contributed by atoms with Crippen molar-refractivity contribution in [2.75, 3.05) is 7.11 Å². The van der Waals surface area contributed by atoms with Crippen molar-refractivity contribution in [3.05, 3.63) is 45.7 Å². The fourth-order valence-electron chi connectivity index (χ4n) is 1.76. The Morgan fingerprint density at radius 1 is 1.26 bits per heavy atom. The molecule has 5 nitrogen and oxygen atoms in total. The van der Waals surface area contributed by atoms with Crippen molar-refractivity contribution in [1.82, 2.24) is 19.8 Å². The highest BCUT2D eigenvalue weighted by Gasteiger charge is 2.11. The Balaban J connectivity index is 1.87. The molecule has 0 spiro atoms. The van der Waals surface area contributed by atoms with E-state index in [9.17, 15) is 0 Å². The SMILES string of the molecule is COCc1nnc2sc(Cc3ccc(Cl)cc3)nn12. The van der Waals surface area contributed by atoms with Gasteiger partial charge in [0.15, 0.2) is 5.82 Å². The average Bonchev–Trinajstić information content (AvgIpc) is 2.94. The second-order valence-electron chi connectivity index (χ2n) is 4.04. The van der Waals surface area contributed by atoms with Gasteiger partial charge in [-0.1, -0.05) is 35.1 Å². The smallest absolute Gasteiger partial charge is 0.234 e. The molecule has 0 saturated heterocycles. The van der Waals surface area contributed by atoms with Gasteiger partial charge in [-0.05, 0) is 17.7 Å². The predicted octanol–water partition coefficient (Wildman–Crippen LogP) is 2.58. The van der Waals surface area contributed by atoms with Gasteiger partial charge in [-0.25, -0.2) is 0 Å². The second kappa shape index (κ2) is 5.24. The van der Waals surface area contributed by atoms with E-state index in [1.807, 2.05) is 24.3 Å². The number of aromatic nitrogens is 4. The molecule has 0 atom stereocenters. The van der Waals surface area contributed by atoms with Crippen LogP contribution in [-0.4, -0.2) is 26.9 Å². The normalized spacial score (nSPS) is 11.3. The highest BCUT2D eigenvalue weighted by atomic mass is 35.5. The van der Waals surface area contributed by atoms with Gasteiger partial charge >= 0.3 is 0 Å². The summed E-state index contributed by atoms with van der Waals surface area (Å²) in [6, 6.07) is 7.77. The number of benzene rings is 1. The Kier molecular flexibility index (Phi) is 3.46. The number of nitrogens with zero attached hydrogens (tertiary/aromatic N) is 4. The Labute approximate surface area is 118 Å². The van der Waals surface area contributed by atoms with E-state index in [1.54, 1.807) is 11.6 Å². The van der Waals surface area contributed by atoms with Crippen molar-refractivity contribution in [3.8, 4) is 0 Å². The van der Waals surface area contributed by atoms with E-state index < -0.39 is 0 Å². The lowest BCUT2D eigenvalue weighted by Crippen LogP contribution is -1.98. The second-order valence-corrected chi connectivity index (χ2v) is 5.52. The molecule has 7 heteroatoms. The third-order valence-electron chi connectivity index (χ3n) is 2.64. The molecule has 98 valence electrons. The van der Waals surface area contributed by atoms with E-state index in [-0.39, 0.29) is 0 Å². The molecule has 2 aromatic heterocycles. The maximum Gasteiger partial charge on any atom is 0.234 e. The molecule has 0 aliphatic rings. The average molecular weight is 295 g/mol. The zero-order chi connectivity index (χ0) is 13.2. The number of ether oxygens (including phenoxy) is 1. The minimum absolute atomic E-state index is 0.408. The summed E-state index contributed by atoms with van der Waals surface area (Å²) in [6.45, 7) is 0.408. The molecule has 0 aliphatic heterocycles. The van der Waals surface area contributed by atoms with Crippen molar-refractivity contribution in [1.29, 1.82) is 0 Å². The first kappa shape index (κ1) is 12.5. The third kappa shape index (κ3) is 2.60. The van der Waals surface area contributed by atoms with Crippen molar-refractivity contribution in [3.63, 3.8) is 0 Å². The standard InChI is InChI=1S/C12H11ClN4OS/c1-18-7-10-14-15-12-17(10)16-11(19-12)6-8-2-4-9(13)5-3-8/h2-5H,6-7H2,1H3. The van der Waals surface area contributed by atoms with Gasteiger partial charge < -0.3 is 4.74 Å². The summed E-state index contributed by atoms with van der Waals surface area (Å²) < 4.78 is 6.80. The molecule has 0 fully saturated rings. The van der Waals surface area contributed by atoms with Crippen LogP contribution in [0.1, 0.15) is 16.4 Å². The molecule has 0 bridgehead atoms. The predicted molar refractivity (Wildman–Crippen MR) is 73.6 cm³/mol. The van der Waals surface area contributed by atoms with Gasteiger partial charge in [0, 0.05) is 18.6 Å². The molecular formula is C12H11ClN4OS. The highest BCUT2D eigenvalue weighted by molar-refractivity contribution is 7.16. The quantitative estimate of drug-likeness (QED) is 0.742. The molecule has 0 amide bonds. The molecule has 0 unspecified atom stereocenters. The van der Waals surface area contributed by atoms with E-state index in [4.69, 9.17) is 16.3 Å². The first-order valence-corrected chi connectivity index (χ1v) is 6.89. The molecule has 1 aromatic carbocycles. The van der Waals surface area contributed by atoms with Gasteiger partial charge in [-0.3, -0.25) is 0 Å². The van der Waals surface area contributed by atoms with Crippen molar-refractivity contribution >= 4 is 27.9 Å². The molecule has 2 heterocycles. The summed E-state index contributed by atoms with van der Waals surface area (Å²) in [5.41, 5.74) is 1.17. The summed E-state index contributed by atoms with van der Waals surface area (Å²) in [7, 11) is 1.63. The number of methoxy groups -OCH3 is 1. The fraction of sp³-hybridized carbons (Fsp3) is 0.250. The Morgan fingerprint density at radius 3 is 2.79 bits per heavy atom. The monoisotopic (exact) mass is 294 g/mol. The van der Waals surface area contributed by atoms with E-state index in [1.165, 1.54) is 16.9 Å². The van der Waals surface area contributed by atoms with Gasteiger partial charge in [0.2, 0.25) is 4.96 Å². The lowest BCUT2D eigenvalue weighted by Gasteiger charge is -1.97. The number of hydrogen-bond acceptors (Lipinski definition) is 5. The van der Waals surface area contributed by atoms with Gasteiger partial charge in [-0.2, -0.15) is 9.61 Å². The van der Waals surface area contributed by atoms with Crippen LogP contribution in [-0.2, 0) is 17.8 Å². The number of hydrogen-bond donors (Lipinski definition) is 0. The maximum atomic E-state index is 5.87. The topological polar surface area (TPSA) is 52.3 Å². The van der Waals surface area contributed by atoms with Crippen LogP contribution in [0.15, 0.2) is 24.3 Å². The van der Waals surface area contributed by atoms with Gasteiger partial charge in [0.05, 0.1) is 0 Å². The number of fused-ring (bicyclic) bond motifs is 1. The summed E-state index contributed by atoms with van der Waals surface area (Å²) >= 11 is 7.40. The molecule has 0 radical (unpaired) electrons. The Hall–Kier alpha value is -1.50. The Morgan fingerprint density at radius 2 is 2.05 bits per heavy atom. The maximum absolute atomic E-state index is 5.87. The lowest BCUT2D eigenvalue weighted by molar-refractivity contribution is 0.176. The minimum atomic E-state index is 0.408. The minimum Gasteiger partial charge on any atom is -0.377 e. The van der Waals surface area contributed by atoms with Crippen molar-refractivity contribution < 1.29 is 4.74 Å². The molecular weight excluding hydrogens is 284 g/mol. The van der Waals surface area contributed by atoms with Crippen LogP contribution in [0.25, 0.3) is 4.96 Å². The van der Waals surface area contributed by atoms with E-state index >= 15 is 0 Å². The molecule has 3 aromatic rings. The van der Waals surface area contributed by atoms with Crippen molar-refractivity contribution in [2.24, 2.45) is 0 Å². The van der Waals surface area contributed by atoms with E-state index in [0.29, 0.717) is 6.61 Å². The summed E-state index contributed by atoms with van der Waals surface area (Å²) in [5.74, 6) is 0.719. The van der Waals surface area contributed by atoms with Crippen LogP contribution in [0.4, 0.5) is 0 Å². The van der Waals surface area contributed by atoms with E-state index in [0.717, 1.165) is 27.2 Å². The van der Waals surface area contributed by atoms with Gasteiger partial charge in [0.25, 0.3) is 0 Å². The Bertz CT molecular complexity index is 691. The molecule has 0 aliphatic carbocycles. The van der Waals surface area contributed by atoms with Crippen LogP contribution in [0, 0.1) is 0 Å². The van der Waals surface area contributed by atoms with Crippen LogP contribution in [0.3, 0.4) is 0 Å². The molecule has 0 N–H and O–H groups in total. The summed E-state index contributed by atoms with van der Waals surface area (Å²) in [6.07, 6.45) is 0.762. The third-order valence-corrected chi connectivity index (χ3v) is 3.79. The molecule has 0 saturated carbocycles. The van der Waals surface area contributed by atoms with Crippen LogP contribution >= 0.6 is 22.9 Å². The highest BCUT2D eigenvalue weighted by Crippen LogP contribution is 2.19. The van der Waals surface area contributed by atoms with Crippen LogP contribution < -0.4 is 0 Å². The lowest BCUT2D eigenvalue weighted by atomic mass is 10.2. The zero-order valence-corrected chi connectivity index (χ0v) is 11.8. The number of rotatable bonds is 4. The van der Waals surface area contributed by atoms with Gasteiger partial charge in [-0.15, -0.1) is 10.2 Å². The summed E-state index contributed by atoms with van der Waals surface area (Å²) in [4.78, 5) is 0.788. The first-order chi connectivity index (χ1) is 9.26. The largest absolute Gasteiger partial charge is 0.377 e.